The van der Waals surface area contributed by atoms with E-state index in [0.29, 0.717) is 11.6 Å². The van der Waals surface area contributed by atoms with Crippen LogP contribution in [0.25, 0.3) is 10.9 Å². The van der Waals surface area contributed by atoms with Crippen molar-refractivity contribution in [1.29, 1.82) is 0 Å². The predicted octanol–water partition coefficient (Wildman–Crippen LogP) is 3.99. The second kappa shape index (κ2) is 4.18. The van der Waals surface area contributed by atoms with Crippen molar-refractivity contribution in [2.75, 3.05) is 0 Å². The van der Waals surface area contributed by atoms with Gasteiger partial charge in [0, 0.05) is 22.1 Å². The van der Waals surface area contributed by atoms with Gasteiger partial charge >= 0.3 is 5.97 Å². The predicted molar refractivity (Wildman–Crippen MR) is 71.7 cm³/mol. The molecule has 2 rings (SSSR count). The number of rotatable bonds is 2. The van der Waals surface area contributed by atoms with Crippen molar-refractivity contribution >= 4 is 32.8 Å². The third-order valence-corrected chi connectivity index (χ3v) is 3.65. The van der Waals surface area contributed by atoms with E-state index >= 15 is 0 Å². The lowest BCUT2D eigenvalue weighted by atomic mass is 10.1. The van der Waals surface area contributed by atoms with Gasteiger partial charge in [0.05, 0.1) is 11.1 Å². The van der Waals surface area contributed by atoms with Crippen molar-refractivity contribution < 1.29 is 9.90 Å². The molecule has 17 heavy (non-hydrogen) atoms. The molecule has 0 aliphatic carbocycles. The monoisotopic (exact) mass is 295 g/mol. The lowest BCUT2D eigenvalue weighted by Crippen LogP contribution is -2.05. The van der Waals surface area contributed by atoms with Crippen LogP contribution in [0, 0.1) is 6.92 Å². The fourth-order valence-electron chi connectivity index (χ4n) is 2.13. The van der Waals surface area contributed by atoms with Gasteiger partial charge in [-0.3, -0.25) is 0 Å². The summed E-state index contributed by atoms with van der Waals surface area (Å²) < 4.78 is 2.93. The van der Waals surface area contributed by atoms with Crippen molar-refractivity contribution in [3.8, 4) is 0 Å². The molecule has 0 atom stereocenters. The summed E-state index contributed by atoms with van der Waals surface area (Å²) in [5.41, 5.74) is 2.16. The first-order valence-electron chi connectivity index (χ1n) is 5.46. The first kappa shape index (κ1) is 12.2. The Morgan fingerprint density at radius 2 is 2.12 bits per heavy atom. The first-order valence-corrected chi connectivity index (χ1v) is 6.25. The van der Waals surface area contributed by atoms with Gasteiger partial charge in [-0.2, -0.15) is 0 Å². The van der Waals surface area contributed by atoms with E-state index < -0.39 is 5.97 Å². The lowest BCUT2D eigenvalue weighted by Gasteiger charge is -2.13. The number of aromatic nitrogens is 1. The second-order valence-corrected chi connectivity index (χ2v) is 5.27. The smallest absolute Gasteiger partial charge is 0.336 e. The highest BCUT2D eigenvalue weighted by molar-refractivity contribution is 9.10. The van der Waals surface area contributed by atoms with Crippen LogP contribution in [0.1, 0.15) is 35.8 Å². The molecule has 0 amide bonds. The van der Waals surface area contributed by atoms with Crippen LogP contribution >= 0.6 is 15.9 Å². The quantitative estimate of drug-likeness (QED) is 0.910. The molecule has 0 saturated heterocycles. The summed E-state index contributed by atoms with van der Waals surface area (Å²) in [5, 5.41) is 10.2. The van der Waals surface area contributed by atoms with Crippen molar-refractivity contribution in [3.05, 3.63) is 33.9 Å². The zero-order chi connectivity index (χ0) is 12.7. The van der Waals surface area contributed by atoms with Gasteiger partial charge in [-0.05, 0) is 38.5 Å². The molecule has 0 radical (unpaired) electrons. The lowest BCUT2D eigenvalue weighted by molar-refractivity contribution is 0.0696. The number of carbonyl (C=O) groups is 1. The molecule has 0 bridgehead atoms. The summed E-state index contributed by atoms with van der Waals surface area (Å²) in [5.74, 6) is -0.887. The zero-order valence-corrected chi connectivity index (χ0v) is 11.6. The molecule has 0 fully saturated rings. The van der Waals surface area contributed by atoms with Crippen LogP contribution in [0.2, 0.25) is 0 Å². The van der Waals surface area contributed by atoms with Crippen molar-refractivity contribution in [2.24, 2.45) is 0 Å². The Morgan fingerprint density at radius 3 is 2.65 bits per heavy atom. The maximum atomic E-state index is 11.2. The van der Waals surface area contributed by atoms with Crippen molar-refractivity contribution in [3.63, 3.8) is 0 Å². The Hall–Kier alpha value is -1.29. The van der Waals surface area contributed by atoms with E-state index in [0.717, 1.165) is 20.9 Å². The molecule has 90 valence electrons. The molecule has 1 N–H and O–H groups in total. The van der Waals surface area contributed by atoms with Gasteiger partial charge in [-0.15, -0.1) is 0 Å². The molecule has 0 spiro atoms. The molecule has 0 unspecified atom stereocenters. The van der Waals surface area contributed by atoms with Crippen LogP contribution < -0.4 is 0 Å². The molecule has 4 heteroatoms. The van der Waals surface area contributed by atoms with Gasteiger partial charge in [0.2, 0.25) is 0 Å². The fraction of sp³-hybridized carbons (Fsp3) is 0.308. The number of benzene rings is 1. The SMILES string of the molecule is Cc1c(C(=O)O)cc(Br)c2ccn(C(C)C)c12. The molecule has 0 aliphatic heterocycles. The topological polar surface area (TPSA) is 42.2 Å². The van der Waals surface area contributed by atoms with Gasteiger partial charge in [0.25, 0.3) is 0 Å². The second-order valence-electron chi connectivity index (χ2n) is 4.42. The van der Waals surface area contributed by atoms with Crippen LogP contribution in [-0.2, 0) is 0 Å². The van der Waals surface area contributed by atoms with E-state index in [-0.39, 0.29) is 0 Å². The van der Waals surface area contributed by atoms with Crippen LogP contribution in [-0.4, -0.2) is 15.6 Å². The molecular formula is C13H14BrNO2. The summed E-state index contributed by atoms with van der Waals surface area (Å²) in [6.07, 6.45) is 2.00. The maximum Gasteiger partial charge on any atom is 0.336 e. The number of halogens is 1. The minimum absolute atomic E-state index is 0.308. The number of aromatic carboxylic acids is 1. The Bertz CT molecular complexity index is 599. The molecule has 1 aromatic heterocycles. The number of aryl methyl sites for hydroxylation is 1. The Morgan fingerprint density at radius 1 is 1.47 bits per heavy atom. The van der Waals surface area contributed by atoms with E-state index in [1.54, 1.807) is 6.07 Å². The summed E-state index contributed by atoms with van der Waals surface area (Å²) in [4.78, 5) is 11.2. The van der Waals surface area contributed by atoms with E-state index in [1.807, 2.05) is 19.2 Å². The number of carboxylic acids is 1. The molecule has 1 aromatic carbocycles. The first-order chi connectivity index (χ1) is 7.93. The standard InChI is InChI=1S/C13H14BrNO2/c1-7(2)15-5-4-9-11(14)6-10(13(16)17)8(3)12(9)15/h4-7H,1-3H3,(H,16,17). The number of hydrogen-bond donors (Lipinski definition) is 1. The molecule has 0 saturated carbocycles. The Labute approximate surface area is 108 Å². The third kappa shape index (κ3) is 1.86. The average molecular weight is 296 g/mol. The molecule has 3 nitrogen and oxygen atoms in total. The minimum atomic E-state index is -0.887. The van der Waals surface area contributed by atoms with E-state index in [4.69, 9.17) is 0 Å². The number of fused-ring (bicyclic) bond motifs is 1. The van der Waals surface area contributed by atoms with Crippen molar-refractivity contribution in [1.82, 2.24) is 4.57 Å². The summed E-state index contributed by atoms with van der Waals surface area (Å²) >= 11 is 3.44. The maximum absolute atomic E-state index is 11.2. The highest BCUT2D eigenvalue weighted by Crippen LogP contribution is 2.32. The highest BCUT2D eigenvalue weighted by atomic mass is 79.9. The third-order valence-electron chi connectivity index (χ3n) is 2.99. The van der Waals surface area contributed by atoms with E-state index in [2.05, 4.69) is 34.3 Å². The van der Waals surface area contributed by atoms with Crippen molar-refractivity contribution in [2.45, 2.75) is 26.8 Å². The zero-order valence-electron chi connectivity index (χ0n) is 9.99. The largest absolute Gasteiger partial charge is 0.478 e. The van der Waals surface area contributed by atoms with E-state index in [1.165, 1.54) is 0 Å². The molecule has 1 heterocycles. The summed E-state index contributed by atoms with van der Waals surface area (Å²) in [7, 11) is 0. The van der Waals surface area contributed by atoms with Gasteiger partial charge in [0.1, 0.15) is 0 Å². The Balaban J connectivity index is 2.89. The number of carboxylic acid groups (broad SMARTS) is 1. The fourth-order valence-corrected chi connectivity index (χ4v) is 2.68. The van der Waals surface area contributed by atoms with Crippen LogP contribution in [0.15, 0.2) is 22.8 Å². The Kier molecular flexibility index (Phi) is 3.00. The van der Waals surface area contributed by atoms with Gasteiger partial charge in [-0.25, -0.2) is 4.79 Å². The number of hydrogen-bond acceptors (Lipinski definition) is 1. The molecular weight excluding hydrogens is 282 g/mol. The minimum Gasteiger partial charge on any atom is -0.478 e. The van der Waals surface area contributed by atoms with Crippen LogP contribution in [0.4, 0.5) is 0 Å². The molecule has 0 aliphatic rings. The highest BCUT2D eigenvalue weighted by Gasteiger charge is 2.16. The van der Waals surface area contributed by atoms with Gasteiger partial charge < -0.3 is 9.67 Å². The number of nitrogens with zero attached hydrogens (tertiary/aromatic N) is 1. The summed E-state index contributed by atoms with van der Waals surface area (Å²) in [6, 6.07) is 3.99. The van der Waals surface area contributed by atoms with Crippen LogP contribution in [0.5, 0.6) is 0 Å². The summed E-state index contributed by atoms with van der Waals surface area (Å²) in [6.45, 7) is 6.03. The van der Waals surface area contributed by atoms with E-state index in [9.17, 15) is 9.90 Å². The van der Waals surface area contributed by atoms with Gasteiger partial charge in [-0.1, -0.05) is 15.9 Å². The normalized spacial score (nSPS) is 11.4. The van der Waals surface area contributed by atoms with Crippen LogP contribution in [0.3, 0.4) is 0 Å². The van der Waals surface area contributed by atoms with Gasteiger partial charge in [0.15, 0.2) is 0 Å². The average Bonchev–Trinajstić information content (AvgIpc) is 2.67. The molecule has 2 aromatic rings.